The van der Waals surface area contributed by atoms with E-state index in [1.807, 2.05) is 6.92 Å². The van der Waals surface area contributed by atoms with Crippen LogP contribution in [0, 0.1) is 0 Å². The van der Waals surface area contributed by atoms with Crippen molar-refractivity contribution in [3.63, 3.8) is 0 Å². The van der Waals surface area contributed by atoms with Crippen molar-refractivity contribution in [2.75, 3.05) is 26.2 Å². The molecule has 6 nitrogen and oxygen atoms in total. The minimum atomic E-state index is -0.212. The molecule has 0 aromatic rings. The van der Waals surface area contributed by atoms with Crippen molar-refractivity contribution >= 4 is 36.0 Å². The van der Waals surface area contributed by atoms with Crippen molar-refractivity contribution in [1.82, 2.24) is 10.2 Å². The van der Waals surface area contributed by atoms with Crippen LogP contribution in [0.15, 0.2) is 4.99 Å². The average Bonchev–Trinajstić information content (AvgIpc) is 2.58. The SMILES string of the molecule is CCCCCCCCCN=C(N)NC1CCN(C(=O)OCC)CC1.I. The number of hydrogen-bond acceptors (Lipinski definition) is 3. The smallest absolute Gasteiger partial charge is 0.409 e. The van der Waals surface area contributed by atoms with Gasteiger partial charge in [0.2, 0.25) is 0 Å². The largest absolute Gasteiger partial charge is 0.450 e. The number of ether oxygens (including phenoxy) is 1. The molecule has 1 fully saturated rings. The van der Waals surface area contributed by atoms with E-state index in [1.165, 1.54) is 38.5 Å². The minimum Gasteiger partial charge on any atom is -0.450 e. The van der Waals surface area contributed by atoms with Crippen LogP contribution in [0.3, 0.4) is 0 Å². The molecular formula is C18H37IN4O2. The van der Waals surface area contributed by atoms with Crippen molar-refractivity contribution in [3.8, 4) is 0 Å². The van der Waals surface area contributed by atoms with Crippen LogP contribution in [0.25, 0.3) is 0 Å². The highest BCUT2D eigenvalue weighted by Gasteiger charge is 2.23. The Bertz CT molecular complexity index is 372. The van der Waals surface area contributed by atoms with Gasteiger partial charge in [0.25, 0.3) is 0 Å². The Balaban J connectivity index is 0.00000576. The first kappa shape index (κ1) is 24.3. The molecule has 1 aliphatic heterocycles. The van der Waals surface area contributed by atoms with E-state index in [4.69, 9.17) is 10.5 Å². The van der Waals surface area contributed by atoms with Crippen LogP contribution in [-0.4, -0.2) is 49.2 Å². The molecule has 7 heteroatoms. The molecule has 1 amide bonds. The molecule has 1 rings (SSSR count). The summed E-state index contributed by atoms with van der Waals surface area (Å²) in [4.78, 5) is 17.8. The second-order valence-electron chi connectivity index (χ2n) is 6.49. The van der Waals surface area contributed by atoms with E-state index in [-0.39, 0.29) is 30.1 Å². The first-order valence-corrected chi connectivity index (χ1v) is 9.65. The zero-order valence-corrected chi connectivity index (χ0v) is 18.3. The summed E-state index contributed by atoms with van der Waals surface area (Å²) >= 11 is 0. The number of nitrogens with zero attached hydrogens (tertiary/aromatic N) is 2. The first-order chi connectivity index (χ1) is 11.7. The van der Waals surface area contributed by atoms with Crippen LogP contribution in [-0.2, 0) is 4.74 Å². The number of carbonyl (C=O) groups excluding carboxylic acids is 1. The van der Waals surface area contributed by atoms with Crippen molar-refractivity contribution < 1.29 is 9.53 Å². The highest BCUT2D eigenvalue weighted by Crippen LogP contribution is 2.11. The highest BCUT2D eigenvalue weighted by molar-refractivity contribution is 14.0. The molecule has 0 spiro atoms. The molecule has 1 aliphatic rings. The Morgan fingerprint density at radius 1 is 1.12 bits per heavy atom. The maximum atomic E-state index is 11.6. The van der Waals surface area contributed by atoms with Gasteiger partial charge in [0.1, 0.15) is 0 Å². The number of likely N-dealkylation sites (tertiary alicyclic amines) is 1. The van der Waals surface area contributed by atoms with Crippen LogP contribution < -0.4 is 11.1 Å². The van der Waals surface area contributed by atoms with Gasteiger partial charge in [0.05, 0.1) is 6.61 Å². The summed E-state index contributed by atoms with van der Waals surface area (Å²) < 4.78 is 5.02. The van der Waals surface area contributed by atoms with Gasteiger partial charge in [0.15, 0.2) is 5.96 Å². The average molecular weight is 468 g/mol. The molecule has 0 aliphatic carbocycles. The molecule has 0 atom stereocenters. The summed E-state index contributed by atoms with van der Waals surface area (Å²) in [7, 11) is 0. The lowest BCUT2D eigenvalue weighted by atomic mass is 10.1. The van der Waals surface area contributed by atoms with Crippen LogP contribution >= 0.6 is 24.0 Å². The maximum Gasteiger partial charge on any atom is 0.409 e. The van der Waals surface area contributed by atoms with Gasteiger partial charge in [-0.05, 0) is 26.2 Å². The standard InChI is InChI=1S/C18H36N4O2.HI/c1-3-5-6-7-8-9-10-13-20-17(19)21-16-11-14-22(15-12-16)18(23)24-4-2;/h16H,3-15H2,1-2H3,(H3,19,20,21);1H. The molecular weight excluding hydrogens is 431 g/mol. The Labute approximate surface area is 170 Å². The van der Waals surface area contributed by atoms with Gasteiger partial charge >= 0.3 is 6.09 Å². The maximum absolute atomic E-state index is 11.6. The third-order valence-electron chi connectivity index (χ3n) is 4.42. The molecule has 0 unspecified atom stereocenters. The molecule has 0 bridgehead atoms. The van der Waals surface area contributed by atoms with Gasteiger partial charge in [-0.1, -0.05) is 45.4 Å². The number of carbonyl (C=O) groups is 1. The molecule has 0 aromatic carbocycles. The summed E-state index contributed by atoms with van der Waals surface area (Å²) in [6.07, 6.45) is 10.5. The summed E-state index contributed by atoms with van der Waals surface area (Å²) in [5.74, 6) is 0.538. The Kier molecular flexibility index (Phi) is 15.1. The van der Waals surface area contributed by atoms with E-state index in [0.717, 1.165) is 25.8 Å². The number of amides is 1. The zero-order chi connectivity index (χ0) is 17.6. The van der Waals surface area contributed by atoms with Gasteiger partial charge in [-0.15, -0.1) is 24.0 Å². The quantitative estimate of drug-likeness (QED) is 0.221. The number of nitrogens with one attached hydrogen (secondary N) is 1. The van der Waals surface area contributed by atoms with E-state index in [2.05, 4.69) is 17.2 Å². The summed E-state index contributed by atoms with van der Waals surface area (Å²) in [6.45, 7) is 6.71. The van der Waals surface area contributed by atoms with E-state index >= 15 is 0 Å². The predicted octanol–water partition coefficient (Wildman–Crippen LogP) is 3.88. The summed E-state index contributed by atoms with van der Waals surface area (Å²) in [5, 5.41) is 3.28. The molecule has 1 heterocycles. The van der Waals surface area contributed by atoms with E-state index in [9.17, 15) is 4.79 Å². The predicted molar refractivity (Wildman–Crippen MR) is 115 cm³/mol. The fourth-order valence-corrected chi connectivity index (χ4v) is 2.94. The van der Waals surface area contributed by atoms with Crippen LogP contribution in [0.5, 0.6) is 0 Å². The van der Waals surface area contributed by atoms with Crippen LogP contribution in [0.4, 0.5) is 4.79 Å². The number of aliphatic imine (C=N–C) groups is 1. The number of hydrogen-bond donors (Lipinski definition) is 2. The van der Waals surface area contributed by atoms with Crippen molar-refractivity contribution in [2.24, 2.45) is 10.7 Å². The zero-order valence-electron chi connectivity index (χ0n) is 16.0. The lowest BCUT2D eigenvalue weighted by Gasteiger charge is -2.31. The summed E-state index contributed by atoms with van der Waals surface area (Å²) in [6, 6.07) is 0.300. The lowest BCUT2D eigenvalue weighted by molar-refractivity contribution is 0.0963. The first-order valence-electron chi connectivity index (χ1n) is 9.65. The number of piperidine rings is 1. The van der Waals surface area contributed by atoms with Crippen molar-refractivity contribution in [2.45, 2.75) is 77.7 Å². The summed E-state index contributed by atoms with van der Waals surface area (Å²) in [5.41, 5.74) is 5.96. The van der Waals surface area contributed by atoms with Crippen molar-refractivity contribution in [3.05, 3.63) is 0 Å². The van der Waals surface area contributed by atoms with E-state index in [1.54, 1.807) is 4.90 Å². The number of unbranched alkanes of at least 4 members (excludes halogenated alkanes) is 6. The molecule has 1 saturated heterocycles. The van der Waals surface area contributed by atoms with Gasteiger partial charge in [0, 0.05) is 25.7 Å². The minimum absolute atomic E-state index is 0. The Morgan fingerprint density at radius 3 is 2.32 bits per heavy atom. The van der Waals surface area contributed by atoms with Crippen LogP contribution in [0.2, 0.25) is 0 Å². The molecule has 148 valence electrons. The second-order valence-corrected chi connectivity index (χ2v) is 6.49. The fraction of sp³-hybridized carbons (Fsp3) is 0.889. The number of nitrogens with two attached hydrogens (primary N) is 1. The number of halogens is 1. The topological polar surface area (TPSA) is 80.0 Å². The van der Waals surface area contributed by atoms with E-state index < -0.39 is 0 Å². The fourth-order valence-electron chi connectivity index (χ4n) is 2.94. The molecule has 25 heavy (non-hydrogen) atoms. The van der Waals surface area contributed by atoms with Crippen molar-refractivity contribution in [1.29, 1.82) is 0 Å². The molecule has 0 aromatic heterocycles. The second kappa shape index (κ2) is 15.5. The van der Waals surface area contributed by atoms with Crippen LogP contribution in [0.1, 0.15) is 71.6 Å². The Hall–Kier alpha value is -0.730. The Morgan fingerprint density at radius 2 is 1.72 bits per heavy atom. The van der Waals surface area contributed by atoms with Gasteiger partial charge in [-0.2, -0.15) is 0 Å². The third kappa shape index (κ3) is 11.5. The normalized spacial score (nSPS) is 15.6. The molecule has 0 radical (unpaired) electrons. The number of rotatable bonds is 10. The third-order valence-corrected chi connectivity index (χ3v) is 4.42. The van der Waals surface area contributed by atoms with Gasteiger partial charge < -0.3 is 20.7 Å². The molecule has 0 saturated carbocycles. The van der Waals surface area contributed by atoms with E-state index in [0.29, 0.717) is 31.7 Å². The monoisotopic (exact) mass is 468 g/mol. The molecule has 3 N–H and O–H groups in total. The highest BCUT2D eigenvalue weighted by atomic mass is 127. The lowest BCUT2D eigenvalue weighted by Crippen LogP contribution is -2.48. The number of guanidine groups is 1. The van der Waals surface area contributed by atoms with Gasteiger partial charge in [-0.25, -0.2) is 4.79 Å². The van der Waals surface area contributed by atoms with Gasteiger partial charge in [-0.3, -0.25) is 4.99 Å².